The summed E-state index contributed by atoms with van der Waals surface area (Å²) >= 11 is 0. The van der Waals surface area contributed by atoms with E-state index in [0.29, 0.717) is 22.6 Å². The van der Waals surface area contributed by atoms with Crippen LogP contribution in [0.3, 0.4) is 0 Å². The molecule has 26 heavy (non-hydrogen) atoms. The number of hydrogen-bond donors (Lipinski definition) is 0. The van der Waals surface area contributed by atoms with Gasteiger partial charge in [-0.15, -0.1) is 0 Å². The van der Waals surface area contributed by atoms with E-state index in [9.17, 15) is 9.59 Å². The molecule has 0 N–H and O–H groups in total. The SMILES string of the molecule is COC(=O)c1cc(C#CC2C3CC4CC(C3)CC2C4)cc(C(=O)OC)c1. The third-order valence-corrected chi connectivity index (χ3v) is 6.39. The maximum absolute atomic E-state index is 11.9. The zero-order valence-electron chi connectivity index (χ0n) is 15.3. The number of benzene rings is 1. The van der Waals surface area contributed by atoms with Crippen LogP contribution in [0.15, 0.2) is 18.2 Å². The fraction of sp³-hybridized carbons (Fsp3) is 0.545. The molecular weight excluding hydrogens is 328 g/mol. The van der Waals surface area contributed by atoms with Gasteiger partial charge in [-0.05, 0) is 74.0 Å². The van der Waals surface area contributed by atoms with Gasteiger partial charge in [0.05, 0.1) is 25.3 Å². The average Bonchev–Trinajstić information content (AvgIpc) is 2.65. The summed E-state index contributed by atoms with van der Waals surface area (Å²) in [5.41, 5.74) is 1.32. The minimum atomic E-state index is -0.478. The van der Waals surface area contributed by atoms with E-state index in [1.165, 1.54) is 52.4 Å². The predicted molar refractivity (Wildman–Crippen MR) is 96.5 cm³/mol. The van der Waals surface area contributed by atoms with Crippen LogP contribution in [0.5, 0.6) is 0 Å². The Kier molecular flexibility index (Phi) is 4.48. The number of carbonyl (C=O) groups is 2. The zero-order chi connectivity index (χ0) is 18.3. The standard InChI is InChI=1S/C22H24O4/c1-25-21(23)18-6-13(7-19(12-18)22(24)26-2)3-4-20-16-8-14-5-15(10-16)11-17(20)9-14/h6-7,12,14-17,20H,5,8-11H2,1-2H3. The Morgan fingerprint density at radius 1 is 0.846 bits per heavy atom. The van der Waals surface area contributed by atoms with Gasteiger partial charge in [-0.25, -0.2) is 9.59 Å². The highest BCUT2D eigenvalue weighted by atomic mass is 16.5. The number of carbonyl (C=O) groups excluding carboxylic acids is 2. The molecule has 0 atom stereocenters. The molecule has 4 fully saturated rings. The Hall–Kier alpha value is -2.28. The average molecular weight is 352 g/mol. The fourth-order valence-electron chi connectivity index (χ4n) is 5.50. The Morgan fingerprint density at radius 2 is 1.35 bits per heavy atom. The Balaban J connectivity index is 1.63. The van der Waals surface area contributed by atoms with Gasteiger partial charge < -0.3 is 9.47 Å². The highest BCUT2D eigenvalue weighted by molar-refractivity contribution is 5.96. The van der Waals surface area contributed by atoms with Crippen LogP contribution in [0.1, 0.15) is 58.4 Å². The van der Waals surface area contributed by atoms with Gasteiger partial charge >= 0.3 is 11.9 Å². The first-order valence-electron chi connectivity index (χ1n) is 9.40. The van der Waals surface area contributed by atoms with Crippen LogP contribution in [-0.2, 0) is 9.47 Å². The molecule has 4 nitrogen and oxygen atoms in total. The Labute approximate surface area is 154 Å². The van der Waals surface area contributed by atoms with Crippen molar-refractivity contribution in [1.82, 2.24) is 0 Å². The molecule has 1 aromatic carbocycles. The first-order chi connectivity index (χ1) is 12.6. The van der Waals surface area contributed by atoms with Crippen molar-refractivity contribution in [3.05, 3.63) is 34.9 Å². The van der Waals surface area contributed by atoms with Crippen molar-refractivity contribution >= 4 is 11.9 Å². The molecule has 4 heteroatoms. The summed E-state index contributed by atoms with van der Waals surface area (Å²) in [5.74, 6) is 9.52. The molecule has 0 radical (unpaired) electrons. The van der Waals surface area contributed by atoms with E-state index in [4.69, 9.17) is 9.47 Å². The molecule has 4 aliphatic carbocycles. The lowest BCUT2D eigenvalue weighted by Crippen LogP contribution is -2.44. The van der Waals surface area contributed by atoms with E-state index in [1.807, 2.05) is 0 Å². The molecule has 0 aromatic heterocycles. The summed E-state index contributed by atoms with van der Waals surface area (Å²) in [4.78, 5) is 23.8. The van der Waals surface area contributed by atoms with Gasteiger partial charge in [0.2, 0.25) is 0 Å². The van der Waals surface area contributed by atoms with Gasteiger partial charge in [0.1, 0.15) is 0 Å². The lowest BCUT2D eigenvalue weighted by molar-refractivity contribution is -0.0122. The van der Waals surface area contributed by atoms with E-state index in [1.54, 1.807) is 12.1 Å². The van der Waals surface area contributed by atoms with E-state index >= 15 is 0 Å². The molecule has 0 heterocycles. The molecule has 1 aromatic rings. The summed E-state index contributed by atoms with van der Waals surface area (Å²) in [7, 11) is 2.65. The summed E-state index contributed by atoms with van der Waals surface area (Å²) in [5, 5.41) is 0. The number of ether oxygens (including phenoxy) is 2. The highest BCUT2D eigenvalue weighted by Crippen LogP contribution is 2.56. The Morgan fingerprint density at radius 3 is 1.81 bits per heavy atom. The predicted octanol–water partition coefficient (Wildman–Crippen LogP) is 3.68. The zero-order valence-corrected chi connectivity index (χ0v) is 15.3. The van der Waals surface area contributed by atoms with Crippen molar-refractivity contribution in [1.29, 1.82) is 0 Å². The van der Waals surface area contributed by atoms with Crippen molar-refractivity contribution in [3.8, 4) is 11.8 Å². The number of rotatable bonds is 2. The minimum Gasteiger partial charge on any atom is -0.465 e. The maximum Gasteiger partial charge on any atom is 0.337 e. The lowest BCUT2D eigenvalue weighted by Gasteiger charge is -2.52. The molecule has 4 saturated carbocycles. The van der Waals surface area contributed by atoms with Crippen molar-refractivity contribution in [2.75, 3.05) is 14.2 Å². The summed E-state index contributed by atoms with van der Waals surface area (Å²) in [6.07, 6.45) is 6.71. The lowest BCUT2D eigenvalue weighted by atomic mass is 9.52. The Bertz CT molecular complexity index is 736. The van der Waals surface area contributed by atoms with Gasteiger partial charge in [0, 0.05) is 11.5 Å². The molecule has 5 rings (SSSR count). The van der Waals surface area contributed by atoms with Gasteiger partial charge in [0.25, 0.3) is 0 Å². The normalized spacial score (nSPS) is 31.1. The summed E-state index contributed by atoms with van der Waals surface area (Å²) in [6.45, 7) is 0. The van der Waals surface area contributed by atoms with Crippen LogP contribution < -0.4 is 0 Å². The quantitative estimate of drug-likeness (QED) is 0.602. The minimum absolute atomic E-state index is 0.324. The molecule has 136 valence electrons. The number of esters is 2. The van der Waals surface area contributed by atoms with E-state index in [-0.39, 0.29) is 0 Å². The monoisotopic (exact) mass is 352 g/mol. The largest absolute Gasteiger partial charge is 0.465 e. The van der Waals surface area contributed by atoms with Crippen LogP contribution in [0, 0.1) is 41.4 Å². The summed E-state index contributed by atoms with van der Waals surface area (Å²) in [6, 6.07) is 4.88. The molecule has 4 bridgehead atoms. The van der Waals surface area contributed by atoms with Crippen molar-refractivity contribution in [3.63, 3.8) is 0 Å². The number of methoxy groups -OCH3 is 2. The summed E-state index contributed by atoms with van der Waals surface area (Å²) < 4.78 is 9.58. The molecule has 4 aliphatic rings. The van der Waals surface area contributed by atoms with Crippen LogP contribution in [0.25, 0.3) is 0 Å². The van der Waals surface area contributed by atoms with Crippen molar-refractivity contribution in [2.24, 2.45) is 29.6 Å². The molecule has 0 unspecified atom stereocenters. The fourth-order valence-corrected chi connectivity index (χ4v) is 5.50. The van der Waals surface area contributed by atoms with E-state index < -0.39 is 11.9 Å². The molecule has 0 spiro atoms. The van der Waals surface area contributed by atoms with Gasteiger partial charge in [-0.3, -0.25) is 0 Å². The van der Waals surface area contributed by atoms with Gasteiger partial charge in [-0.1, -0.05) is 11.8 Å². The molecule has 0 saturated heterocycles. The first kappa shape index (κ1) is 17.1. The smallest absolute Gasteiger partial charge is 0.337 e. The highest BCUT2D eigenvalue weighted by Gasteiger charge is 2.47. The van der Waals surface area contributed by atoms with Crippen LogP contribution in [0.2, 0.25) is 0 Å². The van der Waals surface area contributed by atoms with Crippen molar-refractivity contribution < 1.29 is 19.1 Å². The van der Waals surface area contributed by atoms with Crippen molar-refractivity contribution in [2.45, 2.75) is 32.1 Å². The topological polar surface area (TPSA) is 52.6 Å². The van der Waals surface area contributed by atoms with Crippen LogP contribution in [0.4, 0.5) is 0 Å². The molecule has 0 amide bonds. The first-order valence-corrected chi connectivity index (χ1v) is 9.40. The van der Waals surface area contributed by atoms with Crippen LogP contribution in [-0.4, -0.2) is 26.2 Å². The second kappa shape index (κ2) is 6.79. The second-order valence-corrected chi connectivity index (χ2v) is 8.01. The van der Waals surface area contributed by atoms with Gasteiger partial charge in [-0.2, -0.15) is 0 Å². The van der Waals surface area contributed by atoms with Crippen LogP contribution >= 0.6 is 0 Å². The molecule has 0 aliphatic heterocycles. The third kappa shape index (κ3) is 3.11. The van der Waals surface area contributed by atoms with Gasteiger partial charge in [0.15, 0.2) is 0 Å². The second-order valence-electron chi connectivity index (χ2n) is 8.01. The maximum atomic E-state index is 11.9. The third-order valence-electron chi connectivity index (χ3n) is 6.39. The molecular formula is C22H24O4. The van der Waals surface area contributed by atoms with E-state index in [0.717, 1.165) is 23.7 Å². The number of hydrogen-bond acceptors (Lipinski definition) is 4. The van der Waals surface area contributed by atoms with E-state index in [2.05, 4.69) is 11.8 Å².